The Labute approximate surface area is 139 Å². The third-order valence-electron chi connectivity index (χ3n) is 3.72. The number of aryl methyl sites for hydroxylation is 2. The first-order valence-electron chi connectivity index (χ1n) is 7.72. The number of rotatable bonds is 7. The van der Waals surface area contributed by atoms with Crippen LogP contribution in [0.1, 0.15) is 36.3 Å². The van der Waals surface area contributed by atoms with Crippen LogP contribution >= 0.6 is 0 Å². The second kappa shape index (κ2) is 7.90. The highest BCUT2D eigenvalue weighted by molar-refractivity contribution is 5.84. The van der Waals surface area contributed by atoms with Crippen LogP contribution in [0, 0.1) is 25.5 Å². The Morgan fingerprint density at radius 1 is 1.33 bits per heavy atom. The molecule has 1 heterocycles. The van der Waals surface area contributed by atoms with E-state index in [2.05, 4.69) is 10.5 Å². The van der Waals surface area contributed by atoms with Gasteiger partial charge in [-0.05, 0) is 32.4 Å². The Morgan fingerprint density at radius 2 is 2.08 bits per heavy atom. The van der Waals surface area contributed by atoms with Crippen molar-refractivity contribution in [3.8, 4) is 5.75 Å². The molecule has 1 unspecified atom stereocenters. The average molecular weight is 338 g/mol. The molecule has 24 heavy (non-hydrogen) atoms. The molecular formula is C17H20F2N2O3. The SMILES string of the molecule is CCC(C(=O)NCCOc1ccc(F)c(F)c1)c1c(C)noc1C. The molecule has 2 rings (SSSR count). The smallest absolute Gasteiger partial charge is 0.227 e. The minimum absolute atomic E-state index is 0.148. The van der Waals surface area contributed by atoms with Gasteiger partial charge in [-0.3, -0.25) is 4.79 Å². The van der Waals surface area contributed by atoms with E-state index in [0.717, 1.165) is 17.7 Å². The van der Waals surface area contributed by atoms with E-state index in [-0.39, 0.29) is 30.7 Å². The van der Waals surface area contributed by atoms with E-state index in [4.69, 9.17) is 9.26 Å². The van der Waals surface area contributed by atoms with Crippen molar-refractivity contribution in [3.05, 3.63) is 46.9 Å². The highest BCUT2D eigenvalue weighted by Gasteiger charge is 2.25. The molecule has 0 radical (unpaired) electrons. The van der Waals surface area contributed by atoms with Crippen LogP contribution in [-0.4, -0.2) is 24.2 Å². The maximum atomic E-state index is 13.1. The molecule has 7 heteroatoms. The van der Waals surface area contributed by atoms with Gasteiger partial charge in [0, 0.05) is 11.6 Å². The number of nitrogens with one attached hydrogen (secondary N) is 1. The number of hydrogen-bond acceptors (Lipinski definition) is 4. The minimum Gasteiger partial charge on any atom is -0.492 e. The quantitative estimate of drug-likeness (QED) is 0.787. The summed E-state index contributed by atoms with van der Waals surface area (Å²) in [4.78, 5) is 12.3. The van der Waals surface area contributed by atoms with Gasteiger partial charge in [-0.15, -0.1) is 0 Å². The van der Waals surface area contributed by atoms with Crippen LogP contribution in [0.4, 0.5) is 8.78 Å². The fourth-order valence-corrected chi connectivity index (χ4v) is 2.54. The van der Waals surface area contributed by atoms with Gasteiger partial charge in [0.2, 0.25) is 5.91 Å². The molecule has 1 atom stereocenters. The van der Waals surface area contributed by atoms with Crippen molar-refractivity contribution >= 4 is 5.91 Å². The van der Waals surface area contributed by atoms with Crippen LogP contribution in [0.15, 0.2) is 22.7 Å². The van der Waals surface area contributed by atoms with Crippen LogP contribution in [0.2, 0.25) is 0 Å². The minimum atomic E-state index is -0.971. The van der Waals surface area contributed by atoms with Gasteiger partial charge in [0.1, 0.15) is 18.1 Å². The Hall–Kier alpha value is -2.44. The second-order valence-electron chi connectivity index (χ2n) is 5.41. The predicted octanol–water partition coefficient (Wildman–Crippen LogP) is 3.26. The first kappa shape index (κ1) is 17.9. The number of carbonyl (C=O) groups is 1. The highest BCUT2D eigenvalue weighted by Crippen LogP contribution is 2.26. The fourth-order valence-electron chi connectivity index (χ4n) is 2.54. The molecule has 1 aromatic carbocycles. The topological polar surface area (TPSA) is 64.4 Å². The van der Waals surface area contributed by atoms with Gasteiger partial charge in [-0.25, -0.2) is 8.78 Å². The van der Waals surface area contributed by atoms with Crippen molar-refractivity contribution in [1.82, 2.24) is 10.5 Å². The van der Waals surface area contributed by atoms with Crippen molar-refractivity contribution in [2.75, 3.05) is 13.2 Å². The lowest BCUT2D eigenvalue weighted by Gasteiger charge is -2.15. The summed E-state index contributed by atoms with van der Waals surface area (Å²) >= 11 is 0. The summed E-state index contributed by atoms with van der Waals surface area (Å²) in [6.45, 7) is 5.88. The van der Waals surface area contributed by atoms with Gasteiger partial charge in [0.05, 0.1) is 18.2 Å². The molecule has 0 saturated carbocycles. The summed E-state index contributed by atoms with van der Waals surface area (Å²) in [6.07, 6.45) is 0.610. The summed E-state index contributed by atoms with van der Waals surface area (Å²) in [7, 11) is 0. The molecule has 2 aromatic rings. The molecule has 1 amide bonds. The second-order valence-corrected chi connectivity index (χ2v) is 5.41. The van der Waals surface area contributed by atoms with Crippen LogP contribution < -0.4 is 10.1 Å². The molecule has 130 valence electrons. The van der Waals surface area contributed by atoms with Gasteiger partial charge in [0.15, 0.2) is 11.6 Å². The first-order valence-corrected chi connectivity index (χ1v) is 7.72. The zero-order chi connectivity index (χ0) is 17.7. The van der Waals surface area contributed by atoms with Gasteiger partial charge in [-0.1, -0.05) is 12.1 Å². The van der Waals surface area contributed by atoms with E-state index in [1.807, 2.05) is 6.92 Å². The van der Waals surface area contributed by atoms with Crippen molar-refractivity contribution in [1.29, 1.82) is 0 Å². The third kappa shape index (κ3) is 4.10. The molecule has 0 bridgehead atoms. The third-order valence-corrected chi connectivity index (χ3v) is 3.72. The lowest BCUT2D eigenvalue weighted by molar-refractivity contribution is -0.122. The summed E-state index contributed by atoms with van der Waals surface area (Å²) < 4.78 is 36.3. The lowest BCUT2D eigenvalue weighted by Crippen LogP contribution is -2.32. The lowest BCUT2D eigenvalue weighted by atomic mass is 9.94. The van der Waals surface area contributed by atoms with E-state index in [1.165, 1.54) is 6.07 Å². The largest absolute Gasteiger partial charge is 0.492 e. The summed E-state index contributed by atoms with van der Waals surface area (Å²) in [5.41, 5.74) is 1.50. The Bertz CT molecular complexity index is 696. The van der Waals surface area contributed by atoms with Crippen LogP contribution in [0.25, 0.3) is 0 Å². The number of nitrogens with zero attached hydrogens (tertiary/aromatic N) is 1. The van der Waals surface area contributed by atoms with Crippen LogP contribution in [-0.2, 0) is 4.79 Å². The highest BCUT2D eigenvalue weighted by atomic mass is 19.2. The summed E-state index contributed by atoms with van der Waals surface area (Å²) in [5, 5.41) is 6.64. The zero-order valence-corrected chi connectivity index (χ0v) is 13.9. The van der Waals surface area contributed by atoms with Crippen LogP contribution in [0.5, 0.6) is 5.75 Å². The number of amides is 1. The molecule has 1 N–H and O–H groups in total. The number of benzene rings is 1. The molecule has 0 aliphatic heterocycles. The number of aromatic nitrogens is 1. The number of carbonyl (C=O) groups excluding carboxylic acids is 1. The normalized spacial score (nSPS) is 12.0. The summed E-state index contributed by atoms with van der Waals surface area (Å²) in [6, 6.07) is 3.29. The van der Waals surface area contributed by atoms with E-state index in [9.17, 15) is 13.6 Å². The standard InChI is InChI=1S/C17H20F2N2O3/c1-4-13(16-10(2)21-24-11(16)3)17(22)20-7-8-23-12-5-6-14(18)15(19)9-12/h5-6,9,13H,4,7-8H2,1-3H3,(H,20,22). The monoisotopic (exact) mass is 338 g/mol. The van der Waals surface area contributed by atoms with E-state index < -0.39 is 11.6 Å². The van der Waals surface area contributed by atoms with Gasteiger partial charge >= 0.3 is 0 Å². The van der Waals surface area contributed by atoms with Crippen molar-refractivity contribution in [2.45, 2.75) is 33.1 Å². The van der Waals surface area contributed by atoms with Crippen molar-refractivity contribution in [2.24, 2.45) is 0 Å². The Balaban J connectivity index is 1.87. The average Bonchev–Trinajstić information content (AvgIpc) is 2.88. The van der Waals surface area contributed by atoms with E-state index in [1.54, 1.807) is 13.8 Å². The van der Waals surface area contributed by atoms with Crippen molar-refractivity contribution < 1.29 is 22.8 Å². The van der Waals surface area contributed by atoms with E-state index >= 15 is 0 Å². The molecule has 5 nitrogen and oxygen atoms in total. The van der Waals surface area contributed by atoms with E-state index in [0.29, 0.717) is 17.9 Å². The Kier molecular flexibility index (Phi) is 5.89. The number of halogens is 2. The maximum absolute atomic E-state index is 13.1. The molecule has 0 fully saturated rings. The zero-order valence-electron chi connectivity index (χ0n) is 13.9. The number of ether oxygens (including phenoxy) is 1. The summed E-state index contributed by atoms with van der Waals surface area (Å²) in [5.74, 6) is -1.56. The molecule has 0 saturated heterocycles. The van der Waals surface area contributed by atoms with Gasteiger partial charge < -0.3 is 14.6 Å². The van der Waals surface area contributed by atoms with Crippen molar-refractivity contribution in [3.63, 3.8) is 0 Å². The maximum Gasteiger partial charge on any atom is 0.227 e. The van der Waals surface area contributed by atoms with Crippen LogP contribution in [0.3, 0.4) is 0 Å². The fraction of sp³-hybridized carbons (Fsp3) is 0.412. The molecule has 0 aliphatic carbocycles. The molecule has 1 aromatic heterocycles. The molecular weight excluding hydrogens is 318 g/mol. The molecule has 0 aliphatic rings. The number of hydrogen-bond donors (Lipinski definition) is 1. The Morgan fingerprint density at radius 3 is 2.67 bits per heavy atom. The van der Waals surface area contributed by atoms with Gasteiger partial charge in [0.25, 0.3) is 0 Å². The van der Waals surface area contributed by atoms with Gasteiger partial charge in [-0.2, -0.15) is 0 Å². The first-order chi connectivity index (χ1) is 11.4. The predicted molar refractivity (Wildman–Crippen MR) is 83.9 cm³/mol. The molecule has 0 spiro atoms.